The molecular weight excluding hydrogens is 542 g/mol. The average Bonchev–Trinajstić information content (AvgIpc) is 2.92. The summed E-state index contributed by atoms with van der Waals surface area (Å²) in [6.45, 7) is 3.07. The SMILES string of the molecule is CN(CCN(CCCOc1ccc2c(ccc(=O)n2C)c1)Cc1ccncc1)C(=O)c1ccccc1F.Cl.Cl. The van der Waals surface area contributed by atoms with Crippen molar-refractivity contribution in [1.29, 1.82) is 0 Å². The molecular formula is C29H33Cl2FN4O3. The van der Waals surface area contributed by atoms with Crippen molar-refractivity contribution in [3.05, 3.63) is 106 Å². The van der Waals surface area contributed by atoms with Crippen LogP contribution in [0, 0.1) is 5.82 Å². The minimum absolute atomic E-state index is 0. The zero-order chi connectivity index (χ0) is 26.2. The van der Waals surface area contributed by atoms with Gasteiger partial charge in [0.1, 0.15) is 11.6 Å². The number of ether oxygens (including phenoxy) is 1. The highest BCUT2D eigenvalue weighted by Gasteiger charge is 2.17. The molecule has 0 radical (unpaired) electrons. The number of hydrogen-bond donors (Lipinski definition) is 0. The lowest BCUT2D eigenvalue weighted by molar-refractivity contribution is 0.0769. The number of carbonyl (C=O) groups is 1. The predicted molar refractivity (Wildman–Crippen MR) is 157 cm³/mol. The molecule has 0 unspecified atom stereocenters. The lowest BCUT2D eigenvalue weighted by Gasteiger charge is -2.26. The molecule has 0 N–H and O–H groups in total. The van der Waals surface area contributed by atoms with Gasteiger partial charge in [-0.05, 0) is 60.5 Å². The van der Waals surface area contributed by atoms with Crippen molar-refractivity contribution in [2.24, 2.45) is 7.05 Å². The summed E-state index contributed by atoms with van der Waals surface area (Å²) in [5.41, 5.74) is 2.02. The second kappa shape index (κ2) is 15.2. The topological polar surface area (TPSA) is 67.7 Å². The number of halogens is 3. The molecule has 0 bridgehead atoms. The van der Waals surface area contributed by atoms with E-state index in [0.29, 0.717) is 26.2 Å². The van der Waals surface area contributed by atoms with Crippen LogP contribution >= 0.6 is 24.8 Å². The van der Waals surface area contributed by atoms with Gasteiger partial charge in [0, 0.05) is 64.1 Å². The van der Waals surface area contributed by atoms with Crippen molar-refractivity contribution in [3.8, 4) is 5.75 Å². The van der Waals surface area contributed by atoms with Crippen LogP contribution in [-0.4, -0.2) is 58.5 Å². The van der Waals surface area contributed by atoms with Gasteiger partial charge in [0.05, 0.1) is 17.7 Å². The molecule has 0 spiro atoms. The van der Waals surface area contributed by atoms with E-state index < -0.39 is 5.82 Å². The Hall–Kier alpha value is -3.46. The standard InChI is InChI=1S/C29H31FN4O3.2ClH/c1-32(29(36)25-6-3-4-7-26(25)30)17-18-34(21-22-12-14-31-15-13-22)16-5-19-37-24-9-10-27-23(20-24)8-11-28(35)33(27)2;;/h3-4,6-15,20H,5,16-19,21H2,1-2H3;2*1H. The first-order valence-corrected chi connectivity index (χ1v) is 12.3. The third kappa shape index (κ3) is 8.51. The summed E-state index contributed by atoms with van der Waals surface area (Å²) in [5.74, 6) is -0.0952. The molecule has 0 aliphatic heterocycles. The minimum Gasteiger partial charge on any atom is -0.494 e. The number of benzene rings is 2. The average molecular weight is 576 g/mol. The van der Waals surface area contributed by atoms with Crippen LogP contribution in [0.4, 0.5) is 4.39 Å². The summed E-state index contributed by atoms with van der Waals surface area (Å²) in [7, 11) is 3.45. The van der Waals surface area contributed by atoms with E-state index in [0.717, 1.165) is 35.2 Å². The first kappa shape index (κ1) is 31.8. The zero-order valence-electron chi connectivity index (χ0n) is 22.0. The van der Waals surface area contributed by atoms with Crippen molar-refractivity contribution in [2.75, 3.05) is 33.3 Å². The van der Waals surface area contributed by atoms with Gasteiger partial charge in [-0.25, -0.2) is 4.39 Å². The molecule has 10 heteroatoms. The Bertz CT molecular complexity index is 1420. The molecule has 2 heterocycles. The molecule has 4 aromatic rings. The van der Waals surface area contributed by atoms with Gasteiger partial charge in [-0.15, -0.1) is 24.8 Å². The third-order valence-corrected chi connectivity index (χ3v) is 6.34. The van der Waals surface area contributed by atoms with Gasteiger partial charge in [0.25, 0.3) is 11.5 Å². The van der Waals surface area contributed by atoms with E-state index in [1.165, 1.54) is 12.1 Å². The third-order valence-electron chi connectivity index (χ3n) is 6.34. The predicted octanol–water partition coefficient (Wildman–Crippen LogP) is 4.96. The highest BCUT2D eigenvalue weighted by atomic mass is 35.5. The largest absolute Gasteiger partial charge is 0.494 e. The highest BCUT2D eigenvalue weighted by molar-refractivity contribution is 5.94. The first-order chi connectivity index (χ1) is 17.9. The van der Waals surface area contributed by atoms with Crippen molar-refractivity contribution < 1.29 is 13.9 Å². The maximum absolute atomic E-state index is 14.1. The lowest BCUT2D eigenvalue weighted by atomic mass is 10.2. The molecule has 0 saturated carbocycles. The normalized spacial score (nSPS) is 10.6. The van der Waals surface area contributed by atoms with E-state index >= 15 is 0 Å². The zero-order valence-corrected chi connectivity index (χ0v) is 23.6. The summed E-state index contributed by atoms with van der Waals surface area (Å²) in [6.07, 6.45) is 4.31. The molecule has 0 atom stereocenters. The van der Waals surface area contributed by atoms with Crippen molar-refractivity contribution >= 4 is 41.6 Å². The fraction of sp³-hybridized carbons (Fsp3) is 0.276. The number of carbonyl (C=O) groups excluding carboxylic acids is 1. The molecule has 39 heavy (non-hydrogen) atoms. The van der Waals surface area contributed by atoms with E-state index in [2.05, 4.69) is 9.88 Å². The number of likely N-dealkylation sites (N-methyl/N-ethyl adjacent to an activating group) is 1. The van der Waals surface area contributed by atoms with Gasteiger partial charge >= 0.3 is 0 Å². The molecule has 208 valence electrons. The monoisotopic (exact) mass is 574 g/mol. The van der Waals surface area contributed by atoms with Gasteiger partial charge in [-0.1, -0.05) is 12.1 Å². The fourth-order valence-electron chi connectivity index (χ4n) is 4.18. The summed E-state index contributed by atoms with van der Waals surface area (Å²) in [6, 6.07) is 19.1. The summed E-state index contributed by atoms with van der Waals surface area (Å²) >= 11 is 0. The minimum atomic E-state index is -0.513. The number of rotatable bonds is 11. The van der Waals surface area contributed by atoms with E-state index in [1.807, 2.05) is 30.3 Å². The second-order valence-corrected chi connectivity index (χ2v) is 8.99. The lowest BCUT2D eigenvalue weighted by Crippen LogP contribution is -2.37. The van der Waals surface area contributed by atoms with Crippen molar-refractivity contribution in [3.63, 3.8) is 0 Å². The van der Waals surface area contributed by atoms with Crippen LogP contribution in [0.5, 0.6) is 5.75 Å². The molecule has 2 aromatic carbocycles. The summed E-state index contributed by atoms with van der Waals surface area (Å²) in [4.78, 5) is 32.4. The van der Waals surface area contributed by atoms with Gasteiger partial charge in [-0.3, -0.25) is 19.5 Å². The number of nitrogens with zero attached hydrogens (tertiary/aromatic N) is 4. The van der Waals surface area contributed by atoms with E-state index in [-0.39, 0.29) is 41.8 Å². The Kier molecular flexibility index (Phi) is 12.4. The number of amides is 1. The second-order valence-electron chi connectivity index (χ2n) is 8.99. The maximum Gasteiger partial charge on any atom is 0.256 e. The van der Waals surface area contributed by atoms with E-state index in [9.17, 15) is 14.0 Å². The maximum atomic E-state index is 14.1. The molecule has 0 aliphatic carbocycles. The number of aryl methyl sites for hydroxylation is 1. The Morgan fingerprint density at radius 1 is 0.974 bits per heavy atom. The van der Waals surface area contributed by atoms with E-state index in [4.69, 9.17) is 4.74 Å². The van der Waals surface area contributed by atoms with Crippen LogP contribution in [0.1, 0.15) is 22.3 Å². The highest BCUT2D eigenvalue weighted by Crippen LogP contribution is 2.19. The van der Waals surface area contributed by atoms with Crippen LogP contribution in [0.15, 0.2) is 83.9 Å². The summed E-state index contributed by atoms with van der Waals surface area (Å²) < 4.78 is 21.7. The molecule has 1 amide bonds. The number of aromatic nitrogens is 2. The molecule has 0 fully saturated rings. The Labute approximate surface area is 240 Å². The van der Waals surface area contributed by atoms with Crippen molar-refractivity contribution in [1.82, 2.24) is 19.4 Å². The molecule has 2 aromatic heterocycles. The number of fused-ring (bicyclic) bond motifs is 1. The van der Waals surface area contributed by atoms with Crippen LogP contribution in [0.2, 0.25) is 0 Å². The van der Waals surface area contributed by atoms with Crippen molar-refractivity contribution in [2.45, 2.75) is 13.0 Å². The quantitative estimate of drug-likeness (QED) is 0.237. The number of hydrogen-bond acceptors (Lipinski definition) is 5. The molecule has 0 aliphatic rings. The fourth-order valence-corrected chi connectivity index (χ4v) is 4.18. The van der Waals surface area contributed by atoms with Gasteiger partial charge in [0.2, 0.25) is 0 Å². The smallest absolute Gasteiger partial charge is 0.256 e. The van der Waals surface area contributed by atoms with Crippen LogP contribution < -0.4 is 10.3 Å². The Morgan fingerprint density at radius 3 is 2.46 bits per heavy atom. The van der Waals surface area contributed by atoms with Crippen LogP contribution in [0.3, 0.4) is 0 Å². The Balaban J connectivity index is 0.00000267. The number of pyridine rings is 2. The van der Waals surface area contributed by atoms with E-state index in [1.54, 1.807) is 60.2 Å². The first-order valence-electron chi connectivity index (χ1n) is 12.3. The molecule has 0 saturated heterocycles. The Morgan fingerprint density at radius 2 is 1.72 bits per heavy atom. The van der Waals surface area contributed by atoms with Gasteiger partial charge in [-0.2, -0.15) is 0 Å². The van der Waals surface area contributed by atoms with Crippen LogP contribution in [0.25, 0.3) is 10.9 Å². The van der Waals surface area contributed by atoms with Crippen LogP contribution in [-0.2, 0) is 13.6 Å². The summed E-state index contributed by atoms with van der Waals surface area (Å²) in [5, 5.41) is 0.946. The molecule has 4 rings (SSSR count). The molecule has 7 nitrogen and oxygen atoms in total. The van der Waals surface area contributed by atoms with Gasteiger partial charge < -0.3 is 14.2 Å². The van der Waals surface area contributed by atoms with Gasteiger partial charge in [0.15, 0.2) is 0 Å².